The van der Waals surface area contributed by atoms with Crippen LogP contribution < -0.4 is 56.9 Å². The molecule has 0 saturated carbocycles. The maximum atomic E-state index is 8.58. The number of rotatable bonds is 0. The summed E-state index contributed by atoms with van der Waals surface area (Å²) in [5, 5.41) is 0. The van der Waals surface area contributed by atoms with Gasteiger partial charge in [-0.25, -0.2) is 0 Å². The molecule has 0 bridgehead atoms. The molecule has 0 aliphatic carbocycles. The molecule has 0 amide bonds. The Balaban J connectivity index is -0.0000000267. The monoisotopic (exact) mass is 115 g/mol. The fraction of sp³-hybridized carbons (Fsp3) is 0. The SMILES string of the molecule is [Be+2].[Li+].[Li+].[O-][Si]([O-])([O-])[O-]. The molecule has 0 saturated heterocycles. The molecule has 0 aromatic carbocycles. The molecule has 8 heteroatoms. The predicted octanol–water partition coefficient (Wildman–Crippen LogP) is -11.5. The van der Waals surface area contributed by atoms with Crippen LogP contribution in [0.3, 0.4) is 0 Å². The van der Waals surface area contributed by atoms with Crippen LogP contribution in [0.4, 0.5) is 0 Å². The van der Waals surface area contributed by atoms with Gasteiger partial charge in [0, 0.05) is 0 Å². The molecule has 0 spiro atoms. The van der Waals surface area contributed by atoms with E-state index in [0.717, 1.165) is 0 Å². The fourth-order valence-corrected chi connectivity index (χ4v) is 0. The largest absolute Gasteiger partial charge is 2.00 e. The zero-order valence-corrected chi connectivity index (χ0v) is 5.84. The molecule has 32 valence electrons. The third kappa shape index (κ3) is 152. The maximum Gasteiger partial charge on any atom is 2.00 e. The van der Waals surface area contributed by atoms with Crippen LogP contribution in [-0.2, 0) is 0 Å². The summed E-state index contributed by atoms with van der Waals surface area (Å²) in [4.78, 5) is 34.3. The first-order valence-electron chi connectivity index (χ1n) is 0.816. The van der Waals surface area contributed by atoms with Crippen molar-refractivity contribution in [1.29, 1.82) is 0 Å². The number of hydrogen-bond donors (Lipinski definition) is 0. The average Bonchev–Trinajstić information content (AvgIpc) is 0.722. The topological polar surface area (TPSA) is 92.2 Å². The van der Waals surface area contributed by atoms with Crippen molar-refractivity contribution in [2.75, 3.05) is 0 Å². The van der Waals surface area contributed by atoms with Gasteiger partial charge in [0.1, 0.15) is 0 Å². The van der Waals surface area contributed by atoms with E-state index in [1.165, 1.54) is 0 Å². The smallest absolute Gasteiger partial charge is 0.894 e. The van der Waals surface area contributed by atoms with E-state index in [4.69, 9.17) is 19.2 Å². The second-order valence-corrected chi connectivity index (χ2v) is 1.50. The van der Waals surface area contributed by atoms with Gasteiger partial charge in [-0.1, -0.05) is 0 Å². The normalized spacial score (nSPS) is 7.50. The van der Waals surface area contributed by atoms with Gasteiger partial charge in [0.05, 0.1) is 0 Å². The molecule has 0 aliphatic heterocycles. The molecule has 0 rings (SSSR count). The van der Waals surface area contributed by atoms with E-state index >= 15 is 0 Å². The third-order valence-electron chi connectivity index (χ3n) is 0. The molecule has 0 fully saturated rings. The van der Waals surface area contributed by atoms with Gasteiger partial charge in [0.25, 0.3) is 0 Å². The minimum Gasteiger partial charge on any atom is -0.894 e. The van der Waals surface area contributed by atoms with Crippen LogP contribution in [0.25, 0.3) is 0 Å². The van der Waals surface area contributed by atoms with Gasteiger partial charge in [-0.2, -0.15) is 0 Å². The first kappa shape index (κ1) is 22.7. The Morgan fingerprint density at radius 1 is 0.750 bits per heavy atom. The van der Waals surface area contributed by atoms with Crippen molar-refractivity contribution in [2.45, 2.75) is 0 Å². The van der Waals surface area contributed by atoms with Gasteiger partial charge in [0.2, 0.25) is 0 Å². The molecule has 0 aromatic heterocycles. The predicted molar refractivity (Wildman–Crippen MR) is 11.5 cm³/mol. The van der Waals surface area contributed by atoms with Crippen LogP contribution in [0.1, 0.15) is 0 Å². The van der Waals surface area contributed by atoms with E-state index in [0.29, 0.717) is 0 Å². The van der Waals surface area contributed by atoms with Gasteiger partial charge < -0.3 is 28.2 Å². The van der Waals surface area contributed by atoms with E-state index in [1.54, 1.807) is 0 Å². The Kier molecular flexibility index (Phi) is 23.9. The van der Waals surface area contributed by atoms with Crippen LogP contribution in [-0.4, -0.2) is 19.2 Å². The summed E-state index contributed by atoms with van der Waals surface area (Å²) in [5.74, 6) is 0. The molecule has 0 unspecified atom stereocenters. The van der Waals surface area contributed by atoms with Crippen LogP contribution in [0.2, 0.25) is 0 Å². The Hall–Kier alpha value is 1.42. The van der Waals surface area contributed by atoms with Crippen molar-refractivity contribution in [3.63, 3.8) is 0 Å². The molecule has 0 radical (unpaired) electrons. The van der Waals surface area contributed by atoms with Crippen molar-refractivity contribution >= 4 is 19.2 Å². The second kappa shape index (κ2) is 8.42. The van der Waals surface area contributed by atoms with Gasteiger partial charge >= 0.3 is 47.8 Å². The second-order valence-electron chi connectivity index (χ2n) is 0.500. The molecule has 0 aromatic rings. The molecular weight excluding hydrogens is 115 g/mol. The van der Waals surface area contributed by atoms with Crippen LogP contribution in [0.5, 0.6) is 0 Å². The minimum atomic E-state index is -5.61. The van der Waals surface area contributed by atoms with Crippen molar-refractivity contribution < 1.29 is 56.9 Å². The van der Waals surface area contributed by atoms with Crippen molar-refractivity contribution in [3.8, 4) is 0 Å². The molecular formula is BeLi2O4Si. The van der Waals surface area contributed by atoms with Crippen molar-refractivity contribution in [1.82, 2.24) is 0 Å². The van der Waals surface area contributed by atoms with Gasteiger partial charge in [-0.05, 0) is 0 Å². The van der Waals surface area contributed by atoms with E-state index in [9.17, 15) is 0 Å². The summed E-state index contributed by atoms with van der Waals surface area (Å²) in [6, 6.07) is 0. The van der Waals surface area contributed by atoms with E-state index in [-0.39, 0.29) is 47.8 Å². The van der Waals surface area contributed by atoms with Crippen molar-refractivity contribution in [2.24, 2.45) is 0 Å². The van der Waals surface area contributed by atoms with Gasteiger partial charge in [-0.3, -0.25) is 0 Å². The quantitative estimate of drug-likeness (QED) is 0.293. The van der Waals surface area contributed by atoms with Crippen molar-refractivity contribution in [3.05, 3.63) is 0 Å². The Morgan fingerprint density at radius 3 is 0.750 bits per heavy atom. The standard InChI is InChI=1S/Be.2Li.O4Si/c;;;1-5(2,3)4/q+2;2*+1;-4. The van der Waals surface area contributed by atoms with Gasteiger partial charge in [-0.15, -0.1) is 0 Å². The zero-order chi connectivity index (χ0) is 4.50. The molecule has 8 heavy (non-hydrogen) atoms. The fourth-order valence-electron chi connectivity index (χ4n) is 0. The molecule has 0 atom stereocenters. The van der Waals surface area contributed by atoms with Crippen LogP contribution >= 0.6 is 0 Å². The summed E-state index contributed by atoms with van der Waals surface area (Å²) in [6.45, 7) is 0. The summed E-state index contributed by atoms with van der Waals surface area (Å²) >= 11 is 0. The zero-order valence-electron chi connectivity index (χ0n) is 4.84. The first-order chi connectivity index (χ1) is 2.00. The summed E-state index contributed by atoms with van der Waals surface area (Å²) < 4.78 is 0. The van der Waals surface area contributed by atoms with E-state index in [1.807, 2.05) is 0 Å². The first-order valence-corrected chi connectivity index (χ1v) is 2.45. The van der Waals surface area contributed by atoms with E-state index < -0.39 is 9.05 Å². The van der Waals surface area contributed by atoms with Gasteiger partial charge in [0.15, 0.2) is 0 Å². The molecule has 0 N–H and O–H groups in total. The molecule has 4 nitrogen and oxygen atoms in total. The Bertz CT molecular complexity index is 29.5. The Labute approximate surface area is 76.0 Å². The molecule has 0 heterocycles. The number of hydrogen-bond acceptors (Lipinski definition) is 4. The average molecular weight is 115 g/mol. The summed E-state index contributed by atoms with van der Waals surface area (Å²) in [7, 11) is -5.61. The molecule has 0 aliphatic rings. The maximum absolute atomic E-state index is 8.58. The Morgan fingerprint density at radius 2 is 0.750 bits per heavy atom. The summed E-state index contributed by atoms with van der Waals surface area (Å²) in [6.07, 6.45) is 0. The minimum absolute atomic E-state index is 0. The third-order valence-corrected chi connectivity index (χ3v) is 0. The summed E-state index contributed by atoms with van der Waals surface area (Å²) in [5.41, 5.74) is 0. The van der Waals surface area contributed by atoms with Crippen LogP contribution in [0, 0.1) is 0 Å². The van der Waals surface area contributed by atoms with Crippen LogP contribution in [0.15, 0.2) is 0 Å². The van der Waals surface area contributed by atoms with E-state index in [2.05, 4.69) is 0 Å².